The highest BCUT2D eigenvalue weighted by molar-refractivity contribution is 14.1. The van der Waals surface area contributed by atoms with Crippen molar-refractivity contribution in [3.63, 3.8) is 0 Å². The van der Waals surface area contributed by atoms with Gasteiger partial charge >= 0.3 is 0 Å². The number of hydrogen-bond acceptors (Lipinski definition) is 2. The number of pyridine rings is 1. The largest absolute Gasteiger partial charge is 0.298 e. The minimum Gasteiger partial charge on any atom is -0.298 e. The number of aromatic nitrogens is 1. The number of aldehydes is 1. The molecule has 1 rings (SSSR count). The van der Waals surface area contributed by atoms with Crippen LogP contribution in [-0.4, -0.2) is 11.3 Å². The van der Waals surface area contributed by atoms with Crippen LogP contribution in [0.5, 0.6) is 0 Å². The molecule has 1 heterocycles. The second-order valence-electron chi connectivity index (χ2n) is 2.45. The highest BCUT2D eigenvalue weighted by Crippen LogP contribution is 2.25. The van der Waals surface area contributed by atoms with Gasteiger partial charge in [-0.2, -0.15) is 0 Å². The van der Waals surface area contributed by atoms with Crippen LogP contribution in [0.2, 0.25) is 0 Å². The van der Waals surface area contributed by atoms with E-state index in [0.717, 1.165) is 0 Å². The molecule has 0 amide bonds. The lowest BCUT2D eigenvalue weighted by Crippen LogP contribution is -2.02. The minimum atomic E-state index is -2.65. The van der Waals surface area contributed by atoms with E-state index in [0.29, 0.717) is 17.3 Å². The van der Waals surface area contributed by atoms with Gasteiger partial charge in [0.25, 0.3) is 6.43 Å². The highest BCUT2D eigenvalue weighted by Gasteiger charge is 2.17. The zero-order valence-electron chi connectivity index (χ0n) is 6.81. The van der Waals surface area contributed by atoms with Gasteiger partial charge in [-0.15, -0.1) is 0 Å². The monoisotopic (exact) mass is 375 g/mol. The van der Waals surface area contributed by atoms with Crippen molar-refractivity contribution in [2.45, 2.75) is 11.8 Å². The molecular weight excluding hydrogens is 371 g/mol. The standard InChI is InChI=1S/C8H5BrF2INO/c9-2-5-1-4(3-14)6(12)7(13-5)8(10)11/h1,3,8H,2H2. The van der Waals surface area contributed by atoms with Gasteiger partial charge in [-0.1, -0.05) is 15.9 Å². The van der Waals surface area contributed by atoms with Gasteiger partial charge in [-0.25, -0.2) is 13.8 Å². The van der Waals surface area contributed by atoms with Crippen molar-refractivity contribution >= 4 is 44.8 Å². The molecule has 14 heavy (non-hydrogen) atoms. The Morgan fingerprint density at radius 2 is 2.29 bits per heavy atom. The summed E-state index contributed by atoms with van der Waals surface area (Å²) in [5.41, 5.74) is 0.359. The van der Waals surface area contributed by atoms with Crippen LogP contribution in [-0.2, 0) is 5.33 Å². The van der Waals surface area contributed by atoms with Crippen molar-refractivity contribution in [1.82, 2.24) is 4.98 Å². The summed E-state index contributed by atoms with van der Waals surface area (Å²) in [7, 11) is 0. The molecule has 0 fully saturated rings. The van der Waals surface area contributed by atoms with Crippen molar-refractivity contribution in [3.8, 4) is 0 Å². The molecule has 0 aliphatic carbocycles. The number of carbonyl (C=O) groups excluding carboxylic acids is 1. The predicted molar refractivity (Wildman–Crippen MR) is 59.9 cm³/mol. The summed E-state index contributed by atoms with van der Waals surface area (Å²) in [5, 5.41) is 0.352. The summed E-state index contributed by atoms with van der Waals surface area (Å²) in [6.07, 6.45) is -2.10. The summed E-state index contributed by atoms with van der Waals surface area (Å²) in [6.45, 7) is 0. The van der Waals surface area contributed by atoms with Gasteiger partial charge in [0.2, 0.25) is 0 Å². The minimum absolute atomic E-state index is 0.220. The Labute approximate surface area is 101 Å². The van der Waals surface area contributed by atoms with Crippen LogP contribution in [0.3, 0.4) is 0 Å². The second-order valence-corrected chi connectivity index (χ2v) is 4.09. The number of hydrogen-bond donors (Lipinski definition) is 0. The van der Waals surface area contributed by atoms with E-state index in [1.165, 1.54) is 6.07 Å². The SMILES string of the molecule is O=Cc1cc(CBr)nc(C(F)F)c1I. The third kappa shape index (κ3) is 2.47. The van der Waals surface area contributed by atoms with Gasteiger partial charge in [-0.3, -0.25) is 4.79 Å². The van der Waals surface area contributed by atoms with E-state index in [9.17, 15) is 13.6 Å². The summed E-state index contributed by atoms with van der Waals surface area (Å²) in [6, 6.07) is 1.50. The normalized spacial score (nSPS) is 10.6. The number of nitrogens with zero attached hydrogens (tertiary/aromatic N) is 1. The molecule has 1 aromatic heterocycles. The molecule has 76 valence electrons. The van der Waals surface area contributed by atoms with E-state index in [2.05, 4.69) is 20.9 Å². The summed E-state index contributed by atoms with van der Waals surface area (Å²) in [4.78, 5) is 14.3. The molecule has 0 aliphatic rings. The average Bonchev–Trinajstić information content (AvgIpc) is 2.17. The van der Waals surface area contributed by atoms with Crippen LogP contribution in [0.1, 0.15) is 28.2 Å². The van der Waals surface area contributed by atoms with Crippen LogP contribution in [0.15, 0.2) is 6.07 Å². The number of alkyl halides is 3. The summed E-state index contributed by atoms with van der Waals surface area (Å²) < 4.78 is 25.1. The van der Waals surface area contributed by atoms with Crippen molar-refractivity contribution < 1.29 is 13.6 Å². The molecule has 0 aliphatic heterocycles. The molecule has 6 heteroatoms. The summed E-state index contributed by atoms with van der Waals surface area (Å²) >= 11 is 4.80. The first kappa shape index (κ1) is 12.0. The summed E-state index contributed by atoms with van der Waals surface area (Å²) in [5.74, 6) is 0. The van der Waals surface area contributed by atoms with E-state index in [-0.39, 0.29) is 14.8 Å². The van der Waals surface area contributed by atoms with Gasteiger partial charge in [0, 0.05) is 10.9 Å². The van der Waals surface area contributed by atoms with Gasteiger partial charge in [0.1, 0.15) is 5.69 Å². The lowest BCUT2D eigenvalue weighted by atomic mass is 10.2. The maximum atomic E-state index is 12.5. The Hall–Kier alpha value is -0.110. The molecule has 0 saturated heterocycles. The van der Waals surface area contributed by atoms with Gasteiger partial charge in [0.05, 0.1) is 9.26 Å². The van der Waals surface area contributed by atoms with Crippen molar-refractivity contribution in [3.05, 3.63) is 26.6 Å². The van der Waals surface area contributed by atoms with Crippen molar-refractivity contribution in [2.75, 3.05) is 0 Å². The van der Waals surface area contributed by atoms with Crippen LogP contribution in [0.25, 0.3) is 0 Å². The van der Waals surface area contributed by atoms with Crippen LogP contribution in [0.4, 0.5) is 8.78 Å². The third-order valence-corrected chi connectivity index (χ3v) is 3.29. The Bertz CT molecular complexity index is 359. The molecule has 2 nitrogen and oxygen atoms in total. The number of carbonyl (C=O) groups is 1. The first-order valence-corrected chi connectivity index (χ1v) is 5.78. The molecule has 0 spiro atoms. The Morgan fingerprint density at radius 1 is 1.64 bits per heavy atom. The fourth-order valence-electron chi connectivity index (χ4n) is 0.926. The van der Waals surface area contributed by atoms with E-state index >= 15 is 0 Å². The van der Waals surface area contributed by atoms with Crippen molar-refractivity contribution in [2.24, 2.45) is 0 Å². The maximum Gasteiger partial charge on any atom is 0.281 e. The van der Waals surface area contributed by atoms with Crippen molar-refractivity contribution in [1.29, 1.82) is 0 Å². The first-order chi connectivity index (χ1) is 6.60. The average molecular weight is 376 g/mol. The first-order valence-electron chi connectivity index (χ1n) is 3.58. The number of halogens is 4. The predicted octanol–water partition coefficient (Wildman–Crippen LogP) is 3.33. The Balaban J connectivity index is 3.34. The fraction of sp³-hybridized carbons (Fsp3) is 0.250. The lowest BCUT2D eigenvalue weighted by Gasteiger charge is -2.06. The van der Waals surface area contributed by atoms with Gasteiger partial charge in [0.15, 0.2) is 6.29 Å². The van der Waals surface area contributed by atoms with E-state index < -0.39 is 6.43 Å². The van der Waals surface area contributed by atoms with Gasteiger partial charge in [-0.05, 0) is 28.7 Å². The molecule has 1 aromatic rings. The molecule has 0 bridgehead atoms. The van der Waals surface area contributed by atoms with E-state index in [4.69, 9.17) is 0 Å². The topological polar surface area (TPSA) is 30.0 Å². The molecule has 0 aromatic carbocycles. The van der Waals surface area contributed by atoms with E-state index in [1.807, 2.05) is 0 Å². The highest BCUT2D eigenvalue weighted by atomic mass is 127. The molecule has 0 radical (unpaired) electrons. The zero-order valence-corrected chi connectivity index (χ0v) is 10.5. The maximum absolute atomic E-state index is 12.5. The van der Waals surface area contributed by atoms with Crippen LogP contribution < -0.4 is 0 Å². The fourth-order valence-corrected chi connectivity index (χ4v) is 1.85. The van der Waals surface area contributed by atoms with Crippen LogP contribution in [0, 0.1) is 3.57 Å². The Kier molecular flexibility index (Phi) is 4.36. The second kappa shape index (κ2) is 5.11. The third-order valence-electron chi connectivity index (χ3n) is 1.54. The molecule has 0 unspecified atom stereocenters. The molecule has 0 N–H and O–H groups in total. The Morgan fingerprint density at radius 3 is 2.71 bits per heavy atom. The van der Waals surface area contributed by atoms with Crippen LogP contribution >= 0.6 is 38.5 Å². The number of rotatable bonds is 3. The molecule has 0 saturated carbocycles. The smallest absolute Gasteiger partial charge is 0.281 e. The zero-order chi connectivity index (χ0) is 10.7. The molecular formula is C8H5BrF2INO. The lowest BCUT2D eigenvalue weighted by molar-refractivity contribution is 0.112. The van der Waals surface area contributed by atoms with E-state index in [1.54, 1.807) is 22.6 Å². The van der Waals surface area contributed by atoms with Gasteiger partial charge < -0.3 is 0 Å². The molecule has 0 atom stereocenters. The quantitative estimate of drug-likeness (QED) is 0.461.